The molecule has 2 aromatic rings. The predicted octanol–water partition coefficient (Wildman–Crippen LogP) is 3.84. The molecule has 2 aromatic carbocycles. The molecule has 0 spiro atoms. The molecule has 27 heavy (non-hydrogen) atoms. The van der Waals surface area contributed by atoms with Crippen LogP contribution >= 0.6 is 0 Å². The van der Waals surface area contributed by atoms with Crippen molar-refractivity contribution in [2.24, 2.45) is 0 Å². The predicted molar refractivity (Wildman–Crippen MR) is 91.9 cm³/mol. The highest BCUT2D eigenvalue weighted by molar-refractivity contribution is 5.97. The van der Waals surface area contributed by atoms with Gasteiger partial charge in [-0.2, -0.15) is 13.2 Å². The zero-order valence-corrected chi connectivity index (χ0v) is 14.8. The Bertz CT molecular complexity index is 877. The lowest BCUT2D eigenvalue weighted by Gasteiger charge is -2.36. The van der Waals surface area contributed by atoms with E-state index in [9.17, 15) is 22.8 Å². The highest BCUT2D eigenvalue weighted by Crippen LogP contribution is 2.31. The number of esters is 1. The lowest BCUT2D eigenvalue weighted by atomic mass is 9.89. The summed E-state index contributed by atoms with van der Waals surface area (Å²) < 4.78 is 43.4. The van der Waals surface area contributed by atoms with Gasteiger partial charge < -0.3 is 9.64 Å². The molecule has 7 heteroatoms. The maximum absolute atomic E-state index is 12.9. The van der Waals surface area contributed by atoms with Gasteiger partial charge in [0, 0.05) is 20.0 Å². The van der Waals surface area contributed by atoms with Crippen LogP contribution in [0.2, 0.25) is 0 Å². The number of cyclic esters (lactones) is 1. The van der Waals surface area contributed by atoms with Gasteiger partial charge in [0.25, 0.3) is 5.91 Å². The molecule has 1 aliphatic heterocycles. The van der Waals surface area contributed by atoms with Crippen LogP contribution in [0.15, 0.2) is 48.5 Å². The van der Waals surface area contributed by atoms with E-state index < -0.39 is 29.2 Å². The number of carbonyl (C=O) groups excluding carboxylic acids is 2. The Morgan fingerprint density at radius 3 is 2.41 bits per heavy atom. The van der Waals surface area contributed by atoms with Gasteiger partial charge in [0.1, 0.15) is 0 Å². The Hall–Kier alpha value is -2.83. The number of nitrogens with zero attached hydrogens (tertiary/aromatic N) is 1. The van der Waals surface area contributed by atoms with E-state index in [0.717, 1.165) is 17.7 Å². The first-order valence-corrected chi connectivity index (χ1v) is 8.33. The van der Waals surface area contributed by atoms with Crippen LogP contribution in [-0.4, -0.2) is 29.4 Å². The molecule has 1 amide bonds. The van der Waals surface area contributed by atoms with Crippen molar-refractivity contribution in [1.29, 1.82) is 0 Å². The molecular weight excluding hydrogens is 359 g/mol. The monoisotopic (exact) mass is 377 g/mol. The van der Waals surface area contributed by atoms with E-state index in [-0.39, 0.29) is 13.0 Å². The van der Waals surface area contributed by atoms with Gasteiger partial charge in [-0.25, -0.2) is 4.79 Å². The van der Waals surface area contributed by atoms with Crippen LogP contribution in [0, 0.1) is 0 Å². The summed E-state index contributed by atoms with van der Waals surface area (Å²) in [5.74, 6) is -0.971. The van der Waals surface area contributed by atoms with Gasteiger partial charge in [-0.05, 0) is 36.2 Å². The van der Waals surface area contributed by atoms with E-state index in [1.807, 2.05) is 0 Å². The molecule has 0 unspecified atom stereocenters. The van der Waals surface area contributed by atoms with Gasteiger partial charge in [-0.1, -0.05) is 30.3 Å². The molecule has 3 rings (SSSR count). The fraction of sp³-hybridized carbons (Fsp3) is 0.300. The fourth-order valence-corrected chi connectivity index (χ4v) is 3.20. The van der Waals surface area contributed by atoms with Crippen LogP contribution in [0.5, 0.6) is 0 Å². The average Bonchev–Trinajstić information content (AvgIpc) is 2.60. The first kappa shape index (κ1) is 18.9. The topological polar surface area (TPSA) is 46.6 Å². The van der Waals surface area contributed by atoms with Crippen LogP contribution < -0.4 is 0 Å². The number of likely N-dealkylation sites (N-methyl/N-ethyl adjacent to an activating group) is 1. The summed E-state index contributed by atoms with van der Waals surface area (Å²) in [6, 6.07) is 11.5. The fourth-order valence-electron chi connectivity index (χ4n) is 3.20. The molecule has 0 aliphatic carbocycles. The summed E-state index contributed by atoms with van der Waals surface area (Å²) in [6.45, 7) is 1.65. The summed E-state index contributed by atoms with van der Waals surface area (Å²) in [5, 5.41) is 0. The number of halogens is 3. The summed E-state index contributed by atoms with van der Waals surface area (Å²) in [4.78, 5) is 26.4. The van der Waals surface area contributed by atoms with Crippen LogP contribution in [0.4, 0.5) is 13.2 Å². The van der Waals surface area contributed by atoms with Crippen molar-refractivity contribution < 1.29 is 27.5 Å². The Labute approximate surface area is 154 Å². The minimum absolute atomic E-state index is 0.103. The number of amides is 1. The highest BCUT2D eigenvalue weighted by Gasteiger charge is 2.44. The molecule has 0 N–H and O–H groups in total. The maximum atomic E-state index is 12.9. The second-order valence-corrected chi connectivity index (χ2v) is 6.81. The van der Waals surface area contributed by atoms with Crippen molar-refractivity contribution in [3.8, 4) is 0 Å². The third kappa shape index (κ3) is 3.82. The van der Waals surface area contributed by atoms with E-state index in [1.165, 1.54) is 24.1 Å². The summed E-state index contributed by atoms with van der Waals surface area (Å²) in [6.07, 6.45) is -4.16. The third-order valence-corrected chi connectivity index (χ3v) is 4.58. The van der Waals surface area contributed by atoms with Crippen molar-refractivity contribution in [1.82, 2.24) is 4.90 Å². The van der Waals surface area contributed by atoms with E-state index in [2.05, 4.69) is 0 Å². The number of hydrogen-bond donors (Lipinski definition) is 0. The molecular formula is C20H18F3NO3. The zero-order chi connectivity index (χ0) is 19.8. The van der Waals surface area contributed by atoms with Gasteiger partial charge in [0.05, 0.1) is 11.1 Å². The van der Waals surface area contributed by atoms with Gasteiger partial charge >= 0.3 is 12.1 Å². The minimum Gasteiger partial charge on any atom is -0.445 e. The normalized spacial score (nSPS) is 19.2. The van der Waals surface area contributed by atoms with Crippen molar-refractivity contribution in [2.45, 2.75) is 31.7 Å². The molecule has 1 atom stereocenters. The number of hydrogen-bond acceptors (Lipinski definition) is 3. The quantitative estimate of drug-likeness (QED) is 0.764. The molecule has 0 saturated heterocycles. The molecule has 4 nitrogen and oxygen atoms in total. The number of benzene rings is 2. The van der Waals surface area contributed by atoms with Crippen LogP contribution in [0.25, 0.3) is 0 Å². The number of carbonyl (C=O) groups is 2. The largest absolute Gasteiger partial charge is 0.445 e. The molecule has 1 heterocycles. The Morgan fingerprint density at radius 1 is 1.15 bits per heavy atom. The SMILES string of the molecule is CN(Cc1ccc(C(F)(F)F)cc1)C(=O)[C@]1(C)Cc2ccccc2C(=O)O1. The molecule has 0 fully saturated rings. The van der Waals surface area contributed by atoms with Gasteiger partial charge in [0.2, 0.25) is 0 Å². The molecule has 0 saturated carbocycles. The van der Waals surface area contributed by atoms with Crippen LogP contribution in [0.1, 0.15) is 34.0 Å². The van der Waals surface area contributed by atoms with Crippen molar-refractivity contribution >= 4 is 11.9 Å². The van der Waals surface area contributed by atoms with Crippen molar-refractivity contribution in [3.63, 3.8) is 0 Å². The standard InChI is InChI=1S/C20H18F3NO3/c1-19(11-14-5-3-4-6-16(14)17(25)27-19)18(26)24(2)12-13-7-9-15(10-8-13)20(21,22)23/h3-10H,11-12H2,1-2H3/t19-/m0/s1. The average molecular weight is 377 g/mol. The van der Waals surface area contributed by atoms with Crippen LogP contribution in [-0.2, 0) is 28.7 Å². The zero-order valence-electron chi connectivity index (χ0n) is 14.8. The van der Waals surface area contributed by atoms with E-state index in [1.54, 1.807) is 31.2 Å². The number of fused-ring (bicyclic) bond motifs is 1. The Morgan fingerprint density at radius 2 is 1.78 bits per heavy atom. The molecule has 0 radical (unpaired) electrons. The van der Waals surface area contributed by atoms with E-state index >= 15 is 0 Å². The Kier molecular flexibility index (Phi) is 4.71. The molecule has 0 bridgehead atoms. The molecule has 1 aliphatic rings. The number of ether oxygens (including phenoxy) is 1. The van der Waals surface area contributed by atoms with Crippen LogP contribution in [0.3, 0.4) is 0 Å². The Balaban J connectivity index is 1.75. The molecule has 142 valence electrons. The smallest absolute Gasteiger partial charge is 0.416 e. The number of alkyl halides is 3. The van der Waals surface area contributed by atoms with Gasteiger partial charge in [0.15, 0.2) is 5.60 Å². The maximum Gasteiger partial charge on any atom is 0.416 e. The second-order valence-electron chi connectivity index (χ2n) is 6.81. The first-order chi connectivity index (χ1) is 12.6. The van der Waals surface area contributed by atoms with Gasteiger partial charge in [-0.15, -0.1) is 0 Å². The van der Waals surface area contributed by atoms with Gasteiger partial charge in [-0.3, -0.25) is 4.79 Å². The lowest BCUT2D eigenvalue weighted by Crippen LogP contribution is -2.51. The lowest BCUT2D eigenvalue weighted by molar-refractivity contribution is -0.150. The van der Waals surface area contributed by atoms with Crippen molar-refractivity contribution in [3.05, 3.63) is 70.8 Å². The minimum atomic E-state index is -4.41. The van der Waals surface area contributed by atoms with Crippen molar-refractivity contribution in [2.75, 3.05) is 7.05 Å². The molecule has 0 aromatic heterocycles. The summed E-state index contributed by atoms with van der Waals surface area (Å²) in [5.41, 5.74) is -0.387. The highest BCUT2D eigenvalue weighted by atomic mass is 19.4. The summed E-state index contributed by atoms with van der Waals surface area (Å²) >= 11 is 0. The first-order valence-electron chi connectivity index (χ1n) is 8.33. The van der Waals surface area contributed by atoms with E-state index in [0.29, 0.717) is 11.1 Å². The number of rotatable bonds is 3. The third-order valence-electron chi connectivity index (χ3n) is 4.58. The summed E-state index contributed by atoms with van der Waals surface area (Å²) in [7, 11) is 1.53. The second kappa shape index (κ2) is 6.72. The van der Waals surface area contributed by atoms with E-state index in [4.69, 9.17) is 4.74 Å².